The van der Waals surface area contributed by atoms with Gasteiger partial charge in [-0.2, -0.15) is 0 Å². The van der Waals surface area contributed by atoms with Gasteiger partial charge in [-0.25, -0.2) is 0 Å². The van der Waals surface area contributed by atoms with Gasteiger partial charge in [0, 0.05) is 5.54 Å². The number of hydrogen-bond donors (Lipinski definition) is 1. The van der Waals surface area contributed by atoms with Gasteiger partial charge in [-0.15, -0.1) is 0 Å². The van der Waals surface area contributed by atoms with Gasteiger partial charge >= 0.3 is 0 Å². The van der Waals surface area contributed by atoms with E-state index in [0.29, 0.717) is 5.54 Å². The average molecular weight is 97.2 g/mol. The Morgan fingerprint density at radius 1 is 1.43 bits per heavy atom. The molecule has 3 rings (SSSR count). The van der Waals surface area contributed by atoms with E-state index in [2.05, 4.69) is 12.4 Å². The molecule has 0 aromatic carbocycles. The lowest BCUT2D eigenvalue weighted by atomic mass is 9.50. The first-order valence-corrected chi connectivity index (χ1v) is 3.04. The third-order valence-corrected chi connectivity index (χ3v) is 2.57. The highest BCUT2D eigenvalue weighted by atomic mass is 15.0. The summed E-state index contributed by atoms with van der Waals surface area (Å²) in [5, 5.41) is 3.34. The quantitative estimate of drug-likeness (QED) is 0.509. The van der Waals surface area contributed by atoms with Crippen LogP contribution in [-0.2, 0) is 0 Å². The third kappa shape index (κ3) is 0.290. The van der Waals surface area contributed by atoms with E-state index in [0.717, 1.165) is 5.92 Å². The van der Waals surface area contributed by atoms with Crippen molar-refractivity contribution >= 4 is 0 Å². The molecule has 0 spiro atoms. The van der Waals surface area contributed by atoms with Gasteiger partial charge in [0.15, 0.2) is 0 Å². The van der Waals surface area contributed by atoms with Crippen LogP contribution in [0.4, 0.5) is 0 Å². The molecule has 0 heterocycles. The molecular weight excluding hydrogens is 86.1 g/mol. The zero-order chi connectivity index (χ0) is 4.91. The standard InChI is InChI=1S/C6H11N/c1-7-6-2-5(3-6)4-6/h5,7H,2-4H2,1H3. The molecule has 1 N–H and O–H groups in total. The zero-order valence-electron chi connectivity index (χ0n) is 4.70. The second kappa shape index (κ2) is 0.873. The highest BCUT2D eigenvalue weighted by Gasteiger charge is 2.55. The predicted octanol–water partition coefficient (Wildman–Crippen LogP) is 0.758. The Bertz CT molecular complexity index is 75.3. The summed E-state index contributed by atoms with van der Waals surface area (Å²) in [6.07, 6.45) is 4.39. The van der Waals surface area contributed by atoms with Crippen molar-refractivity contribution in [3.05, 3.63) is 0 Å². The highest BCUT2D eigenvalue weighted by Crippen LogP contribution is 2.56. The average Bonchev–Trinajstić information content (AvgIpc) is 1.25. The minimum absolute atomic E-state index is 0.657. The SMILES string of the molecule is CNC12CC(C1)C2. The van der Waals surface area contributed by atoms with Gasteiger partial charge in [0.2, 0.25) is 0 Å². The molecule has 3 saturated carbocycles. The second-order valence-electron chi connectivity index (χ2n) is 3.01. The van der Waals surface area contributed by atoms with Gasteiger partial charge in [-0.1, -0.05) is 0 Å². The van der Waals surface area contributed by atoms with E-state index in [-0.39, 0.29) is 0 Å². The van der Waals surface area contributed by atoms with Crippen LogP contribution in [0.3, 0.4) is 0 Å². The summed E-state index contributed by atoms with van der Waals surface area (Å²) in [6.45, 7) is 0. The number of nitrogens with one attached hydrogen (secondary N) is 1. The number of hydrogen-bond acceptors (Lipinski definition) is 1. The summed E-state index contributed by atoms with van der Waals surface area (Å²) in [5.74, 6) is 1.12. The van der Waals surface area contributed by atoms with Crippen LogP contribution in [0.15, 0.2) is 0 Å². The van der Waals surface area contributed by atoms with Gasteiger partial charge in [0.1, 0.15) is 0 Å². The van der Waals surface area contributed by atoms with Crippen LogP contribution in [0.1, 0.15) is 19.3 Å². The van der Waals surface area contributed by atoms with Crippen molar-refractivity contribution in [1.82, 2.24) is 5.32 Å². The molecule has 1 nitrogen and oxygen atoms in total. The van der Waals surface area contributed by atoms with Gasteiger partial charge in [-0.3, -0.25) is 0 Å². The topological polar surface area (TPSA) is 12.0 Å². The van der Waals surface area contributed by atoms with Crippen LogP contribution in [0.25, 0.3) is 0 Å². The van der Waals surface area contributed by atoms with Crippen molar-refractivity contribution in [1.29, 1.82) is 0 Å². The second-order valence-corrected chi connectivity index (χ2v) is 3.01. The molecule has 3 aliphatic carbocycles. The van der Waals surface area contributed by atoms with Crippen molar-refractivity contribution in [3.8, 4) is 0 Å². The van der Waals surface area contributed by atoms with Gasteiger partial charge in [0.05, 0.1) is 0 Å². The summed E-state index contributed by atoms with van der Waals surface area (Å²) >= 11 is 0. The Hall–Kier alpha value is -0.0400. The molecule has 2 bridgehead atoms. The Morgan fingerprint density at radius 2 is 2.00 bits per heavy atom. The van der Waals surface area contributed by atoms with Crippen LogP contribution in [0.2, 0.25) is 0 Å². The Kier molecular flexibility index (Phi) is 0.487. The summed E-state index contributed by atoms with van der Waals surface area (Å²) in [7, 11) is 2.08. The minimum atomic E-state index is 0.657. The molecule has 0 aromatic heterocycles. The largest absolute Gasteiger partial charge is 0.314 e. The molecule has 0 aromatic rings. The smallest absolute Gasteiger partial charge is 0.0186 e. The molecule has 0 atom stereocenters. The molecule has 0 unspecified atom stereocenters. The van der Waals surface area contributed by atoms with Crippen molar-refractivity contribution in [2.75, 3.05) is 7.05 Å². The van der Waals surface area contributed by atoms with E-state index in [1.165, 1.54) is 19.3 Å². The molecule has 40 valence electrons. The van der Waals surface area contributed by atoms with Crippen LogP contribution < -0.4 is 5.32 Å². The lowest BCUT2D eigenvalue weighted by molar-refractivity contribution is -0.0445. The summed E-state index contributed by atoms with van der Waals surface area (Å²) in [4.78, 5) is 0. The molecule has 0 amide bonds. The summed E-state index contributed by atoms with van der Waals surface area (Å²) in [6, 6.07) is 0. The van der Waals surface area contributed by atoms with E-state index in [9.17, 15) is 0 Å². The Balaban J connectivity index is 2.03. The van der Waals surface area contributed by atoms with E-state index in [1.54, 1.807) is 0 Å². The summed E-state index contributed by atoms with van der Waals surface area (Å²) < 4.78 is 0. The first-order valence-electron chi connectivity index (χ1n) is 3.04. The van der Waals surface area contributed by atoms with Crippen molar-refractivity contribution < 1.29 is 0 Å². The normalized spacial score (nSPS) is 55.3. The Labute approximate surface area is 44.1 Å². The van der Waals surface area contributed by atoms with E-state index in [4.69, 9.17) is 0 Å². The van der Waals surface area contributed by atoms with Crippen molar-refractivity contribution in [2.45, 2.75) is 24.8 Å². The van der Waals surface area contributed by atoms with Crippen LogP contribution in [-0.4, -0.2) is 12.6 Å². The molecule has 7 heavy (non-hydrogen) atoms. The fourth-order valence-corrected chi connectivity index (χ4v) is 1.78. The Morgan fingerprint density at radius 3 is 2.00 bits per heavy atom. The highest BCUT2D eigenvalue weighted by molar-refractivity contribution is 5.12. The van der Waals surface area contributed by atoms with Crippen molar-refractivity contribution in [2.24, 2.45) is 5.92 Å². The fraction of sp³-hybridized carbons (Fsp3) is 1.00. The van der Waals surface area contributed by atoms with Crippen molar-refractivity contribution in [3.63, 3.8) is 0 Å². The van der Waals surface area contributed by atoms with Crippen LogP contribution in [0, 0.1) is 5.92 Å². The van der Waals surface area contributed by atoms with E-state index >= 15 is 0 Å². The monoisotopic (exact) mass is 97.1 g/mol. The molecule has 3 aliphatic rings. The predicted molar refractivity (Wildman–Crippen MR) is 29.1 cm³/mol. The molecule has 0 radical (unpaired) electrons. The van der Waals surface area contributed by atoms with Gasteiger partial charge in [-0.05, 0) is 32.2 Å². The van der Waals surface area contributed by atoms with Gasteiger partial charge in [0.25, 0.3) is 0 Å². The lowest BCUT2D eigenvalue weighted by Gasteiger charge is -2.61. The molecule has 1 heteroatoms. The molecule has 0 saturated heterocycles. The van der Waals surface area contributed by atoms with Crippen LogP contribution >= 0.6 is 0 Å². The van der Waals surface area contributed by atoms with Gasteiger partial charge < -0.3 is 5.32 Å². The molecule has 3 fully saturated rings. The summed E-state index contributed by atoms with van der Waals surface area (Å²) in [5.41, 5.74) is 0.657. The third-order valence-electron chi connectivity index (χ3n) is 2.57. The maximum Gasteiger partial charge on any atom is 0.0186 e. The lowest BCUT2D eigenvalue weighted by Crippen LogP contribution is -2.65. The molecule has 0 aliphatic heterocycles. The van der Waals surface area contributed by atoms with Crippen LogP contribution in [0.5, 0.6) is 0 Å². The van der Waals surface area contributed by atoms with E-state index in [1.807, 2.05) is 0 Å². The maximum atomic E-state index is 3.34. The maximum absolute atomic E-state index is 3.34. The van der Waals surface area contributed by atoms with E-state index < -0.39 is 0 Å². The number of rotatable bonds is 1. The first kappa shape index (κ1) is 3.90. The molecular formula is C6H11N. The zero-order valence-corrected chi connectivity index (χ0v) is 4.70. The first-order chi connectivity index (χ1) is 3.35. The fourth-order valence-electron chi connectivity index (χ4n) is 1.78. The minimum Gasteiger partial charge on any atom is -0.314 e.